The van der Waals surface area contributed by atoms with Gasteiger partial charge in [0.1, 0.15) is 0 Å². The summed E-state index contributed by atoms with van der Waals surface area (Å²) in [7, 11) is 1.29. The highest BCUT2D eigenvalue weighted by atomic mass is 16.6. The maximum Gasteiger partial charge on any atom is 0.337 e. The van der Waals surface area contributed by atoms with Gasteiger partial charge < -0.3 is 19.3 Å². The van der Waals surface area contributed by atoms with Gasteiger partial charge in [-0.3, -0.25) is 9.59 Å². The number of allylic oxidation sites excluding steroid dienone is 1. The molecule has 0 amide bonds. The highest BCUT2D eigenvalue weighted by molar-refractivity contribution is 6.00. The molecular formula is C20H26O7. The molecule has 0 saturated carbocycles. The second-order valence-electron chi connectivity index (χ2n) is 5.75. The number of benzene rings is 1. The summed E-state index contributed by atoms with van der Waals surface area (Å²) in [6, 6.07) is 6.42. The SMILES string of the molecule is CCOC(=O)C(C/C=C\CO)(Cc1ccc(C(=O)OC)cc1)C(=O)OCC. The molecule has 0 aromatic heterocycles. The van der Waals surface area contributed by atoms with Gasteiger partial charge in [0.05, 0.1) is 32.5 Å². The monoisotopic (exact) mass is 378 g/mol. The fourth-order valence-corrected chi connectivity index (χ4v) is 2.59. The predicted octanol–water partition coefficient (Wildman–Crippen LogP) is 2.07. The van der Waals surface area contributed by atoms with Crippen molar-refractivity contribution in [3.05, 3.63) is 47.5 Å². The van der Waals surface area contributed by atoms with Gasteiger partial charge in [-0.25, -0.2) is 4.79 Å². The Bertz CT molecular complexity index is 643. The number of hydrogen-bond acceptors (Lipinski definition) is 7. The quantitative estimate of drug-likeness (QED) is 0.288. The minimum atomic E-state index is -1.58. The van der Waals surface area contributed by atoms with Crippen LogP contribution in [0.4, 0.5) is 0 Å². The molecular weight excluding hydrogens is 352 g/mol. The number of esters is 3. The van der Waals surface area contributed by atoms with E-state index < -0.39 is 23.3 Å². The van der Waals surface area contributed by atoms with Crippen molar-refractivity contribution in [1.82, 2.24) is 0 Å². The maximum atomic E-state index is 12.7. The number of methoxy groups -OCH3 is 1. The Morgan fingerprint density at radius 2 is 1.56 bits per heavy atom. The summed E-state index contributed by atoms with van der Waals surface area (Å²) in [5.74, 6) is -1.86. The molecule has 0 heterocycles. The number of aliphatic hydroxyl groups is 1. The van der Waals surface area contributed by atoms with Crippen LogP contribution in [0, 0.1) is 5.41 Å². The molecule has 0 unspecified atom stereocenters. The maximum absolute atomic E-state index is 12.7. The van der Waals surface area contributed by atoms with Gasteiger partial charge in [0, 0.05) is 0 Å². The molecule has 0 saturated heterocycles. The highest BCUT2D eigenvalue weighted by Crippen LogP contribution is 2.32. The van der Waals surface area contributed by atoms with E-state index in [2.05, 4.69) is 4.74 Å². The molecule has 148 valence electrons. The van der Waals surface area contributed by atoms with Crippen LogP contribution in [0.25, 0.3) is 0 Å². The average Bonchev–Trinajstić information content (AvgIpc) is 2.67. The molecule has 0 radical (unpaired) electrons. The van der Waals surface area contributed by atoms with Gasteiger partial charge in [-0.15, -0.1) is 0 Å². The molecule has 1 N–H and O–H groups in total. The van der Waals surface area contributed by atoms with E-state index in [4.69, 9.17) is 14.6 Å². The van der Waals surface area contributed by atoms with Crippen LogP contribution >= 0.6 is 0 Å². The first kappa shape index (κ1) is 22.4. The third kappa shape index (κ3) is 5.92. The Labute approximate surface area is 158 Å². The van der Waals surface area contributed by atoms with Crippen LogP contribution in [0.1, 0.15) is 36.2 Å². The number of hydrogen-bond donors (Lipinski definition) is 1. The normalized spacial score (nSPS) is 11.3. The minimum absolute atomic E-state index is 0.0178. The van der Waals surface area contributed by atoms with Crippen LogP contribution in [0.3, 0.4) is 0 Å². The van der Waals surface area contributed by atoms with Gasteiger partial charge in [-0.1, -0.05) is 24.3 Å². The number of carbonyl (C=O) groups excluding carboxylic acids is 3. The molecule has 7 heteroatoms. The van der Waals surface area contributed by atoms with Gasteiger partial charge in [0.25, 0.3) is 0 Å². The van der Waals surface area contributed by atoms with Crippen molar-refractivity contribution in [3.8, 4) is 0 Å². The molecule has 27 heavy (non-hydrogen) atoms. The number of rotatable bonds is 10. The van der Waals surface area contributed by atoms with Crippen molar-refractivity contribution >= 4 is 17.9 Å². The molecule has 0 aliphatic heterocycles. The van der Waals surface area contributed by atoms with E-state index >= 15 is 0 Å². The molecule has 1 aromatic carbocycles. The Morgan fingerprint density at radius 1 is 1.00 bits per heavy atom. The second-order valence-corrected chi connectivity index (χ2v) is 5.75. The Morgan fingerprint density at radius 3 is 2.00 bits per heavy atom. The average molecular weight is 378 g/mol. The fraction of sp³-hybridized carbons (Fsp3) is 0.450. The molecule has 0 aliphatic rings. The first-order valence-electron chi connectivity index (χ1n) is 8.72. The summed E-state index contributed by atoms with van der Waals surface area (Å²) in [4.78, 5) is 37.0. The van der Waals surface area contributed by atoms with Crippen LogP contribution in [0.2, 0.25) is 0 Å². The van der Waals surface area contributed by atoms with E-state index in [1.165, 1.54) is 13.2 Å². The van der Waals surface area contributed by atoms with Gasteiger partial charge in [-0.2, -0.15) is 0 Å². The largest absolute Gasteiger partial charge is 0.465 e. The van der Waals surface area contributed by atoms with Gasteiger partial charge >= 0.3 is 17.9 Å². The van der Waals surface area contributed by atoms with Crippen molar-refractivity contribution in [2.45, 2.75) is 26.7 Å². The predicted molar refractivity (Wildman–Crippen MR) is 98.0 cm³/mol. The fourth-order valence-electron chi connectivity index (χ4n) is 2.59. The lowest BCUT2D eigenvalue weighted by molar-refractivity contribution is -0.171. The van der Waals surface area contributed by atoms with Crippen LogP contribution in [0.5, 0.6) is 0 Å². The van der Waals surface area contributed by atoms with E-state index in [9.17, 15) is 14.4 Å². The smallest absolute Gasteiger partial charge is 0.337 e. The zero-order valence-electron chi connectivity index (χ0n) is 15.9. The van der Waals surface area contributed by atoms with Crippen molar-refractivity contribution in [2.75, 3.05) is 26.9 Å². The Hall–Kier alpha value is -2.67. The molecule has 0 spiro atoms. The van der Waals surface area contributed by atoms with Crippen molar-refractivity contribution in [1.29, 1.82) is 0 Å². The van der Waals surface area contributed by atoms with Crippen molar-refractivity contribution in [3.63, 3.8) is 0 Å². The van der Waals surface area contributed by atoms with Crippen LogP contribution in [-0.4, -0.2) is 49.9 Å². The van der Waals surface area contributed by atoms with E-state index in [1.54, 1.807) is 44.2 Å². The van der Waals surface area contributed by atoms with E-state index in [-0.39, 0.29) is 32.7 Å². The lowest BCUT2D eigenvalue weighted by Gasteiger charge is -2.28. The van der Waals surface area contributed by atoms with Crippen LogP contribution < -0.4 is 0 Å². The zero-order chi connectivity index (χ0) is 20.3. The molecule has 0 fully saturated rings. The number of carbonyl (C=O) groups is 3. The summed E-state index contributed by atoms with van der Waals surface area (Å²) < 4.78 is 15.0. The minimum Gasteiger partial charge on any atom is -0.465 e. The highest BCUT2D eigenvalue weighted by Gasteiger charge is 2.48. The Balaban J connectivity index is 3.27. The summed E-state index contributed by atoms with van der Waals surface area (Å²) in [6.45, 7) is 3.33. The molecule has 1 aromatic rings. The van der Waals surface area contributed by atoms with E-state index in [1.807, 2.05) is 0 Å². The van der Waals surface area contributed by atoms with E-state index in [0.717, 1.165) is 0 Å². The first-order chi connectivity index (χ1) is 12.9. The molecule has 0 bridgehead atoms. The molecule has 0 aliphatic carbocycles. The Kier molecular flexibility index (Phi) is 9.22. The standard InChI is InChI=1S/C20H26O7/c1-4-26-18(23)20(12-6-7-13-21,19(24)27-5-2)14-15-8-10-16(11-9-15)17(22)25-3/h6-11,21H,4-5,12-14H2,1-3H3/b7-6-. The van der Waals surface area contributed by atoms with Crippen LogP contribution in [0.15, 0.2) is 36.4 Å². The summed E-state index contributed by atoms with van der Waals surface area (Å²) >= 11 is 0. The first-order valence-corrected chi connectivity index (χ1v) is 8.72. The summed E-state index contributed by atoms with van der Waals surface area (Å²) in [5.41, 5.74) is -0.565. The molecule has 7 nitrogen and oxygen atoms in total. The topological polar surface area (TPSA) is 99.1 Å². The summed E-state index contributed by atoms with van der Waals surface area (Å²) in [5, 5.41) is 8.98. The van der Waals surface area contributed by atoms with Crippen molar-refractivity contribution in [2.24, 2.45) is 5.41 Å². The van der Waals surface area contributed by atoms with Gasteiger partial charge in [0.15, 0.2) is 5.41 Å². The van der Waals surface area contributed by atoms with Gasteiger partial charge in [0.2, 0.25) is 0 Å². The third-order valence-electron chi connectivity index (χ3n) is 3.95. The van der Waals surface area contributed by atoms with Crippen molar-refractivity contribution < 1.29 is 33.7 Å². The third-order valence-corrected chi connectivity index (χ3v) is 3.95. The molecule has 0 atom stereocenters. The van der Waals surface area contributed by atoms with E-state index in [0.29, 0.717) is 11.1 Å². The van der Waals surface area contributed by atoms with Gasteiger partial charge in [-0.05, 0) is 44.4 Å². The van der Waals surface area contributed by atoms with Crippen LogP contribution in [-0.2, 0) is 30.2 Å². The zero-order valence-corrected chi connectivity index (χ0v) is 15.9. The lowest BCUT2D eigenvalue weighted by atomic mass is 9.78. The number of aliphatic hydroxyl groups excluding tert-OH is 1. The molecule has 1 rings (SSSR count). The lowest BCUT2D eigenvalue weighted by Crippen LogP contribution is -2.43. The summed E-state index contributed by atoms with van der Waals surface area (Å²) in [6.07, 6.45) is 3.05. The second kappa shape index (κ2) is 11.1. The number of ether oxygens (including phenoxy) is 3.